The van der Waals surface area contributed by atoms with Gasteiger partial charge in [0.05, 0.1) is 16.5 Å². The van der Waals surface area contributed by atoms with Gasteiger partial charge in [-0.05, 0) is 54.4 Å². The molecule has 33 heavy (non-hydrogen) atoms. The molecule has 0 fully saturated rings. The Bertz CT molecular complexity index is 1490. The first kappa shape index (κ1) is 22.8. The predicted octanol–water partition coefficient (Wildman–Crippen LogP) is 4.50. The van der Waals surface area contributed by atoms with Crippen LogP contribution < -0.4 is 0 Å². The largest absolute Gasteiger partial charge is 0.481 e. The van der Waals surface area contributed by atoms with Gasteiger partial charge in [-0.2, -0.15) is 0 Å². The molecule has 0 bridgehead atoms. The summed E-state index contributed by atoms with van der Waals surface area (Å²) in [7, 11) is -1.95. The van der Waals surface area contributed by atoms with E-state index in [1.54, 1.807) is 18.2 Å². The van der Waals surface area contributed by atoms with E-state index in [9.17, 15) is 22.7 Å². The minimum atomic E-state index is -3.83. The van der Waals surface area contributed by atoms with Crippen molar-refractivity contribution in [2.45, 2.75) is 10.6 Å². The normalized spacial score (nSPS) is 12.3. The number of aromatic nitrogens is 1. The summed E-state index contributed by atoms with van der Waals surface area (Å²) in [6.07, 6.45) is 1.96. The molecule has 2 aromatic carbocycles. The van der Waals surface area contributed by atoms with Gasteiger partial charge in [-0.15, -0.1) is 11.3 Å². The SMILES string of the molecule is Cn1cc(C[C@H](CS(=O)(=O)c2ccc(C#Cc3ccc(F)cc3)s2)C(=O)O)c2ccccc21. The number of carboxylic acids is 1. The van der Waals surface area contributed by atoms with Crippen molar-refractivity contribution < 1.29 is 22.7 Å². The van der Waals surface area contributed by atoms with Gasteiger partial charge in [-0.3, -0.25) is 4.79 Å². The van der Waals surface area contributed by atoms with E-state index in [1.807, 2.05) is 42.1 Å². The standard InChI is InChI=1S/C25H20FNO4S2/c1-27-15-18(22-4-2-3-5-23(22)27)14-19(25(28)29)16-33(30,31)24-13-12-21(32-24)11-8-17-6-9-20(26)10-7-17/h2-7,9-10,12-13,15,19H,14,16H2,1H3,(H,28,29)/t19-/m1/s1. The van der Waals surface area contributed by atoms with Crippen LogP contribution in [0.1, 0.15) is 16.0 Å². The second-order valence-electron chi connectivity index (χ2n) is 7.68. The van der Waals surface area contributed by atoms with Crippen LogP contribution in [0.3, 0.4) is 0 Å². The van der Waals surface area contributed by atoms with Gasteiger partial charge in [0.1, 0.15) is 10.0 Å². The first-order chi connectivity index (χ1) is 15.7. The summed E-state index contributed by atoms with van der Waals surface area (Å²) in [6.45, 7) is 0. The van der Waals surface area contributed by atoms with Crippen LogP contribution in [0, 0.1) is 23.6 Å². The number of carboxylic acid groups (broad SMARTS) is 1. The van der Waals surface area contributed by atoms with E-state index in [4.69, 9.17) is 0 Å². The molecule has 0 saturated heterocycles. The molecule has 1 atom stereocenters. The van der Waals surface area contributed by atoms with E-state index in [0.29, 0.717) is 10.4 Å². The highest BCUT2D eigenvalue weighted by Crippen LogP contribution is 2.27. The highest BCUT2D eigenvalue weighted by Gasteiger charge is 2.29. The van der Waals surface area contributed by atoms with Crippen molar-refractivity contribution in [2.24, 2.45) is 13.0 Å². The van der Waals surface area contributed by atoms with E-state index < -0.39 is 27.5 Å². The second-order valence-corrected chi connectivity index (χ2v) is 11.0. The molecule has 0 aliphatic heterocycles. The number of benzene rings is 2. The van der Waals surface area contributed by atoms with Crippen LogP contribution in [0.2, 0.25) is 0 Å². The molecule has 4 rings (SSSR count). The van der Waals surface area contributed by atoms with Crippen molar-refractivity contribution in [1.82, 2.24) is 4.57 Å². The Morgan fingerprint density at radius 3 is 2.55 bits per heavy atom. The summed E-state index contributed by atoms with van der Waals surface area (Å²) in [6, 6.07) is 16.3. The quantitative estimate of drug-likeness (QED) is 0.412. The molecule has 2 aromatic heterocycles. The van der Waals surface area contributed by atoms with Gasteiger partial charge >= 0.3 is 5.97 Å². The fourth-order valence-corrected chi connectivity index (χ4v) is 6.44. The fourth-order valence-electron chi connectivity index (χ4n) is 3.64. The van der Waals surface area contributed by atoms with Crippen LogP contribution in [-0.2, 0) is 28.1 Å². The van der Waals surface area contributed by atoms with E-state index in [1.165, 1.54) is 18.2 Å². The van der Waals surface area contributed by atoms with Crippen molar-refractivity contribution in [3.05, 3.63) is 88.7 Å². The number of thiophene rings is 1. The molecular weight excluding hydrogens is 461 g/mol. The van der Waals surface area contributed by atoms with Crippen molar-refractivity contribution >= 4 is 38.0 Å². The lowest BCUT2D eigenvalue weighted by Gasteiger charge is -2.11. The van der Waals surface area contributed by atoms with Crippen LogP contribution in [-0.4, -0.2) is 29.8 Å². The molecule has 1 N–H and O–H groups in total. The predicted molar refractivity (Wildman–Crippen MR) is 127 cm³/mol. The number of aliphatic carboxylic acids is 1. The summed E-state index contributed by atoms with van der Waals surface area (Å²) in [5.41, 5.74) is 2.37. The van der Waals surface area contributed by atoms with Gasteiger partial charge < -0.3 is 9.67 Å². The minimum absolute atomic E-state index is 0.0788. The molecule has 168 valence electrons. The number of para-hydroxylation sites is 1. The number of sulfone groups is 1. The van der Waals surface area contributed by atoms with Crippen LogP contribution in [0.15, 0.2) is 71.1 Å². The van der Waals surface area contributed by atoms with Gasteiger partial charge in [-0.25, -0.2) is 12.8 Å². The summed E-state index contributed by atoms with van der Waals surface area (Å²) in [5, 5.41) is 10.7. The van der Waals surface area contributed by atoms with Gasteiger partial charge in [0, 0.05) is 29.7 Å². The molecule has 0 aliphatic carbocycles. The Balaban J connectivity index is 1.54. The molecule has 0 spiro atoms. The van der Waals surface area contributed by atoms with E-state index in [-0.39, 0.29) is 16.4 Å². The Morgan fingerprint density at radius 1 is 1.09 bits per heavy atom. The van der Waals surface area contributed by atoms with Crippen LogP contribution >= 0.6 is 11.3 Å². The zero-order chi connectivity index (χ0) is 23.6. The highest BCUT2D eigenvalue weighted by molar-refractivity contribution is 7.93. The Kier molecular flexibility index (Phi) is 6.36. The monoisotopic (exact) mass is 481 g/mol. The summed E-state index contributed by atoms with van der Waals surface area (Å²) in [5.74, 6) is 2.64. The smallest absolute Gasteiger partial charge is 0.307 e. The highest BCUT2D eigenvalue weighted by atomic mass is 32.2. The molecule has 5 nitrogen and oxygen atoms in total. The molecule has 0 amide bonds. The first-order valence-corrected chi connectivity index (χ1v) is 12.6. The average molecular weight is 482 g/mol. The summed E-state index contributed by atoms with van der Waals surface area (Å²) < 4.78 is 41.0. The maximum atomic E-state index is 13.0. The van der Waals surface area contributed by atoms with Gasteiger partial charge in [0.2, 0.25) is 0 Å². The Hall–Kier alpha value is -3.41. The molecular formula is C25H20FNO4S2. The summed E-state index contributed by atoms with van der Waals surface area (Å²) in [4.78, 5) is 12.5. The average Bonchev–Trinajstić information content (AvgIpc) is 3.39. The molecule has 0 saturated carbocycles. The first-order valence-electron chi connectivity index (χ1n) is 10.1. The number of aryl methyl sites for hydroxylation is 1. The zero-order valence-corrected chi connectivity index (χ0v) is 19.3. The number of hydrogen-bond donors (Lipinski definition) is 1. The number of fused-ring (bicyclic) bond motifs is 1. The van der Waals surface area contributed by atoms with Crippen molar-refractivity contribution in [2.75, 3.05) is 5.75 Å². The van der Waals surface area contributed by atoms with E-state index >= 15 is 0 Å². The number of nitrogens with zero attached hydrogens (tertiary/aromatic N) is 1. The maximum absolute atomic E-state index is 13.0. The number of carbonyl (C=O) groups is 1. The third-order valence-corrected chi connectivity index (χ3v) is 8.68. The van der Waals surface area contributed by atoms with Crippen LogP contribution in [0.4, 0.5) is 4.39 Å². The van der Waals surface area contributed by atoms with Gasteiger partial charge in [0.15, 0.2) is 9.84 Å². The lowest BCUT2D eigenvalue weighted by Crippen LogP contribution is -2.25. The lowest BCUT2D eigenvalue weighted by molar-refractivity contribution is -0.140. The van der Waals surface area contributed by atoms with E-state index in [2.05, 4.69) is 11.8 Å². The van der Waals surface area contributed by atoms with Crippen LogP contribution in [0.25, 0.3) is 10.9 Å². The molecule has 0 aliphatic rings. The molecule has 0 radical (unpaired) electrons. The molecule has 4 aromatic rings. The Morgan fingerprint density at radius 2 is 1.82 bits per heavy atom. The van der Waals surface area contributed by atoms with Gasteiger partial charge in [0.25, 0.3) is 0 Å². The maximum Gasteiger partial charge on any atom is 0.307 e. The summed E-state index contributed by atoms with van der Waals surface area (Å²) >= 11 is 0.996. The third kappa shape index (κ3) is 5.16. The van der Waals surface area contributed by atoms with Crippen molar-refractivity contribution in [3.8, 4) is 11.8 Å². The number of hydrogen-bond acceptors (Lipinski definition) is 4. The lowest BCUT2D eigenvalue weighted by atomic mass is 10.0. The molecule has 0 unspecified atom stereocenters. The zero-order valence-electron chi connectivity index (χ0n) is 17.7. The Labute approximate surface area is 195 Å². The fraction of sp³-hybridized carbons (Fsp3) is 0.160. The topological polar surface area (TPSA) is 76.4 Å². The second kappa shape index (κ2) is 9.22. The van der Waals surface area contributed by atoms with Gasteiger partial charge in [-0.1, -0.05) is 30.0 Å². The van der Waals surface area contributed by atoms with Crippen molar-refractivity contribution in [1.29, 1.82) is 0 Å². The molecule has 8 heteroatoms. The number of rotatable bonds is 6. The van der Waals surface area contributed by atoms with E-state index in [0.717, 1.165) is 27.8 Å². The molecule has 2 heterocycles. The van der Waals surface area contributed by atoms with Crippen LogP contribution in [0.5, 0.6) is 0 Å². The third-order valence-electron chi connectivity index (χ3n) is 5.28. The number of halogens is 1. The minimum Gasteiger partial charge on any atom is -0.481 e. The van der Waals surface area contributed by atoms with Crippen molar-refractivity contribution in [3.63, 3.8) is 0 Å².